The van der Waals surface area contributed by atoms with Gasteiger partial charge < -0.3 is 25.7 Å². The quantitative estimate of drug-likeness (QED) is 0.0594. The monoisotopic (exact) mass is 590 g/mol. The fraction of sp³-hybridized carbons (Fsp3) is 0.500. The second-order valence-electron chi connectivity index (χ2n) is 11.5. The minimum Gasteiger partial charge on any atom is -0.462 e. The summed E-state index contributed by atoms with van der Waals surface area (Å²) in [5, 5.41) is 0. The van der Waals surface area contributed by atoms with Gasteiger partial charge in [-0.05, 0) is 98.9 Å². The first kappa shape index (κ1) is 33.9. The van der Waals surface area contributed by atoms with Crippen molar-refractivity contribution in [1.82, 2.24) is 0 Å². The fourth-order valence-electron chi connectivity index (χ4n) is 5.39. The standard InChI is InChI=1S/C36H50N2O5/c1-3-5-7-8-9-10-22-41-33-17-19-34(20-18-33)43-36(40)28-15-12-27(13-16-28)14-21-35(39)42-26-29(11-6-4-2)30-23-31(37)25-32(38)24-30/h3,12-16,21,23-25,29,33-34H,1,4-11,17-20,22,26,37-38H2,2H3. The highest BCUT2D eigenvalue weighted by Crippen LogP contribution is 2.27. The van der Waals surface area contributed by atoms with Crippen LogP contribution in [0.3, 0.4) is 0 Å². The summed E-state index contributed by atoms with van der Waals surface area (Å²) < 4.78 is 17.4. The van der Waals surface area contributed by atoms with Crippen LogP contribution in [0.1, 0.15) is 111 Å². The number of esters is 2. The van der Waals surface area contributed by atoms with E-state index in [4.69, 9.17) is 25.7 Å². The van der Waals surface area contributed by atoms with E-state index in [1.165, 1.54) is 25.3 Å². The van der Waals surface area contributed by atoms with Gasteiger partial charge in [0.2, 0.25) is 0 Å². The summed E-state index contributed by atoms with van der Waals surface area (Å²) in [5.41, 5.74) is 15.4. The van der Waals surface area contributed by atoms with Gasteiger partial charge in [0.05, 0.1) is 18.3 Å². The molecule has 2 aromatic rings. The van der Waals surface area contributed by atoms with Crippen molar-refractivity contribution in [3.05, 3.63) is 77.9 Å². The summed E-state index contributed by atoms with van der Waals surface area (Å²) in [5.74, 6) is -0.720. The number of carbonyl (C=O) groups is 2. The van der Waals surface area contributed by atoms with Gasteiger partial charge in [-0.15, -0.1) is 6.58 Å². The molecule has 1 fully saturated rings. The van der Waals surface area contributed by atoms with E-state index in [9.17, 15) is 9.59 Å². The minimum atomic E-state index is -0.426. The van der Waals surface area contributed by atoms with E-state index < -0.39 is 5.97 Å². The van der Waals surface area contributed by atoms with Crippen molar-refractivity contribution < 1.29 is 23.8 Å². The van der Waals surface area contributed by atoms with Crippen LogP contribution in [-0.4, -0.2) is 37.4 Å². The molecule has 234 valence electrons. The van der Waals surface area contributed by atoms with Gasteiger partial charge >= 0.3 is 11.9 Å². The summed E-state index contributed by atoms with van der Waals surface area (Å²) in [4.78, 5) is 25.2. The molecule has 2 aromatic carbocycles. The SMILES string of the molecule is C=CCCCCCCOC1CCC(OC(=O)c2ccc(C=CC(=O)OCC(CCCC)c3cc(N)cc(N)c3)cc2)CC1. The van der Waals surface area contributed by atoms with Crippen molar-refractivity contribution >= 4 is 29.4 Å². The van der Waals surface area contributed by atoms with Crippen molar-refractivity contribution in [1.29, 1.82) is 0 Å². The first-order valence-corrected chi connectivity index (χ1v) is 15.9. The Bertz CT molecular complexity index is 1150. The van der Waals surface area contributed by atoms with Crippen LogP contribution < -0.4 is 11.5 Å². The molecule has 1 aliphatic carbocycles. The lowest BCUT2D eigenvalue weighted by atomic mass is 9.93. The molecule has 43 heavy (non-hydrogen) atoms. The van der Waals surface area contributed by atoms with Crippen molar-refractivity contribution in [3.63, 3.8) is 0 Å². The molecule has 0 heterocycles. The molecule has 1 unspecified atom stereocenters. The van der Waals surface area contributed by atoms with Gasteiger partial charge in [0.25, 0.3) is 0 Å². The first-order chi connectivity index (χ1) is 20.9. The topological polar surface area (TPSA) is 114 Å². The van der Waals surface area contributed by atoms with E-state index in [2.05, 4.69) is 13.5 Å². The molecule has 1 aliphatic rings. The van der Waals surface area contributed by atoms with Crippen LogP contribution in [0.25, 0.3) is 6.08 Å². The van der Waals surface area contributed by atoms with Gasteiger partial charge in [0.15, 0.2) is 0 Å². The number of unbranched alkanes of at least 4 members (excludes halogenated alkanes) is 5. The lowest BCUT2D eigenvalue weighted by Crippen LogP contribution is -2.28. The number of anilines is 2. The Kier molecular flexibility index (Phi) is 14.9. The fourth-order valence-corrected chi connectivity index (χ4v) is 5.39. The summed E-state index contributed by atoms with van der Waals surface area (Å²) in [6, 6.07) is 12.5. The maximum absolute atomic E-state index is 12.7. The molecular weight excluding hydrogens is 540 g/mol. The number of allylic oxidation sites excluding steroid dienone is 1. The lowest BCUT2D eigenvalue weighted by Gasteiger charge is -2.28. The van der Waals surface area contributed by atoms with E-state index in [-0.39, 0.29) is 30.7 Å². The van der Waals surface area contributed by atoms with Gasteiger partial charge in [0.1, 0.15) is 6.10 Å². The highest BCUT2D eigenvalue weighted by Gasteiger charge is 2.25. The van der Waals surface area contributed by atoms with Gasteiger partial charge in [-0.1, -0.05) is 50.8 Å². The molecule has 0 bridgehead atoms. The van der Waals surface area contributed by atoms with Crippen LogP contribution in [0.2, 0.25) is 0 Å². The van der Waals surface area contributed by atoms with Gasteiger partial charge in [-0.3, -0.25) is 0 Å². The van der Waals surface area contributed by atoms with Crippen LogP contribution in [0.5, 0.6) is 0 Å². The van der Waals surface area contributed by atoms with Crippen LogP contribution in [0.4, 0.5) is 11.4 Å². The number of hydrogen-bond acceptors (Lipinski definition) is 7. The predicted octanol–water partition coefficient (Wildman–Crippen LogP) is 8.00. The molecule has 0 aliphatic heterocycles. The van der Waals surface area contributed by atoms with E-state index in [1.807, 2.05) is 18.2 Å². The molecule has 7 nitrogen and oxygen atoms in total. The smallest absolute Gasteiger partial charge is 0.338 e. The summed E-state index contributed by atoms with van der Waals surface area (Å²) >= 11 is 0. The maximum Gasteiger partial charge on any atom is 0.338 e. The Balaban J connectivity index is 1.38. The molecule has 1 saturated carbocycles. The highest BCUT2D eigenvalue weighted by molar-refractivity contribution is 5.90. The molecule has 0 saturated heterocycles. The molecule has 4 N–H and O–H groups in total. The normalized spacial score (nSPS) is 17.4. The average Bonchev–Trinajstić information content (AvgIpc) is 3.00. The number of carbonyl (C=O) groups excluding carboxylic acids is 2. The highest BCUT2D eigenvalue weighted by atomic mass is 16.5. The van der Waals surface area contributed by atoms with Crippen LogP contribution in [0, 0.1) is 0 Å². The van der Waals surface area contributed by atoms with Crippen molar-refractivity contribution in [2.45, 2.75) is 102 Å². The zero-order valence-corrected chi connectivity index (χ0v) is 25.8. The van der Waals surface area contributed by atoms with E-state index in [1.54, 1.807) is 36.4 Å². The Labute approximate surface area is 257 Å². The Hall–Kier alpha value is -3.58. The summed E-state index contributed by atoms with van der Waals surface area (Å²) in [7, 11) is 0. The zero-order chi connectivity index (χ0) is 30.9. The number of benzene rings is 2. The van der Waals surface area contributed by atoms with E-state index in [0.29, 0.717) is 16.9 Å². The molecule has 7 heteroatoms. The van der Waals surface area contributed by atoms with Crippen molar-refractivity contribution in [2.24, 2.45) is 0 Å². The molecule has 0 spiro atoms. The second kappa shape index (κ2) is 18.9. The van der Waals surface area contributed by atoms with Gasteiger partial charge in [-0.25, -0.2) is 9.59 Å². The summed E-state index contributed by atoms with van der Waals surface area (Å²) in [6.07, 6.45) is 17.5. The maximum atomic E-state index is 12.7. The predicted molar refractivity (Wildman–Crippen MR) is 175 cm³/mol. The molecule has 3 rings (SSSR count). The molecule has 0 aromatic heterocycles. The third-order valence-corrected chi connectivity index (χ3v) is 7.91. The molecule has 1 atom stereocenters. The minimum absolute atomic E-state index is 0.0263. The molecular formula is C36H50N2O5. The third kappa shape index (κ3) is 12.7. The lowest BCUT2D eigenvalue weighted by molar-refractivity contribution is -0.138. The molecule has 0 amide bonds. The summed E-state index contributed by atoms with van der Waals surface area (Å²) in [6.45, 7) is 6.94. The number of hydrogen-bond donors (Lipinski definition) is 2. The number of rotatable bonds is 18. The van der Waals surface area contributed by atoms with Gasteiger partial charge in [0, 0.05) is 30.0 Å². The Morgan fingerprint density at radius 2 is 1.60 bits per heavy atom. The van der Waals surface area contributed by atoms with E-state index >= 15 is 0 Å². The van der Waals surface area contributed by atoms with Crippen molar-refractivity contribution in [2.75, 3.05) is 24.7 Å². The van der Waals surface area contributed by atoms with Crippen LogP contribution in [0.15, 0.2) is 61.2 Å². The van der Waals surface area contributed by atoms with Crippen LogP contribution >= 0.6 is 0 Å². The Morgan fingerprint density at radius 1 is 0.930 bits per heavy atom. The van der Waals surface area contributed by atoms with Crippen LogP contribution in [-0.2, 0) is 19.0 Å². The number of nitrogens with two attached hydrogens (primary N) is 2. The Morgan fingerprint density at radius 3 is 2.28 bits per heavy atom. The number of nitrogen functional groups attached to an aromatic ring is 2. The first-order valence-electron chi connectivity index (χ1n) is 15.9. The van der Waals surface area contributed by atoms with Crippen molar-refractivity contribution in [3.8, 4) is 0 Å². The van der Waals surface area contributed by atoms with E-state index in [0.717, 1.165) is 75.5 Å². The zero-order valence-electron chi connectivity index (χ0n) is 25.8. The molecule has 0 radical (unpaired) electrons. The third-order valence-electron chi connectivity index (χ3n) is 7.91. The van der Waals surface area contributed by atoms with Gasteiger partial charge in [-0.2, -0.15) is 0 Å². The second-order valence-corrected chi connectivity index (χ2v) is 11.5. The largest absolute Gasteiger partial charge is 0.462 e. The number of ether oxygens (including phenoxy) is 3. The average molecular weight is 591 g/mol.